The Morgan fingerprint density at radius 1 is 1.31 bits per heavy atom. The summed E-state index contributed by atoms with van der Waals surface area (Å²) in [5.74, 6) is 1.46. The van der Waals surface area contributed by atoms with Crippen LogP contribution in [0.5, 0.6) is 11.5 Å². The van der Waals surface area contributed by atoms with E-state index < -0.39 is 0 Å². The van der Waals surface area contributed by atoms with E-state index in [9.17, 15) is 0 Å². The van der Waals surface area contributed by atoms with Gasteiger partial charge in [0.25, 0.3) is 0 Å². The first kappa shape index (κ1) is 11.6. The third kappa shape index (κ3) is 2.25. The Hall–Kier alpha value is -0.930. The molecule has 0 aliphatic carbocycles. The second-order valence-corrected chi connectivity index (χ2v) is 4.32. The molecular weight excluding hydrogens is 226 g/mol. The van der Waals surface area contributed by atoms with Crippen molar-refractivity contribution < 1.29 is 9.47 Å². The van der Waals surface area contributed by atoms with E-state index >= 15 is 0 Å². The van der Waals surface area contributed by atoms with Gasteiger partial charge in [0.1, 0.15) is 13.2 Å². The molecule has 88 valence electrons. The maximum Gasteiger partial charge on any atom is 0.162 e. The molecule has 0 saturated carbocycles. The average Bonchev–Trinajstić information content (AvgIpc) is 2.28. The lowest BCUT2D eigenvalue weighted by molar-refractivity contribution is 0.171. The second-order valence-electron chi connectivity index (χ2n) is 3.91. The molecule has 1 atom stereocenters. The van der Waals surface area contributed by atoms with E-state index in [0.717, 1.165) is 24.2 Å². The van der Waals surface area contributed by atoms with Gasteiger partial charge in [-0.3, -0.25) is 0 Å². The summed E-state index contributed by atoms with van der Waals surface area (Å²) >= 11 is 6.18. The highest BCUT2D eigenvalue weighted by Crippen LogP contribution is 2.37. The highest BCUT2D eigenvalue weighted by Gasteiger charge is 2.17. The molecule has 2 N–H and O–H groups in total. The van der Waals surface area contributed by atoms with Crippen molar-refractivity contribution in [2.75, 3.05) is 13.2 Å². The van der Waals surface area contributed by atoms with E-state index in [2.05, 4.69) is 6.92 Å². The van der Waals surface area contributed by atoms with Gasteiger partial charge in [0.2, 0.25) is 0 Å². The summed E-state index contributed by atoms with van der Waals surface area (Å²) in [4.78, 5) is 0. The van der Waals surface area contributed by atoms with Crippen molar-refractivity contribution in [2.24, 2.45) is 5.73 Å². The quantitative estimate of drug-likeness (QED) is 0.885. The molecule has 4 heteroatoms. The normalized spacial score (nSPS) is 15.9. The lowest BCUT2D eigenvalue weighted by Crippen LogP contribution is -2.17. The van der Waals surface area contributed by atoms with Crippen molar-refractivity contribution in [1.82, 2.24) is 0 Å². The molecule has 1 aliphatic heterocycles. The van der Waals surface area contributed by atoms with Crippen LogP contribution < -0.4 is 15.2 Å². The molecule has 0 fully saturated rings. The molecule has 0 amide bonds. The summed E-state index contributed by atoms with van der Waals surface area (Å²) in [5, 5.41) is 0.658. The lowest BCUT2D eigenvalue weighted by Gasteiger charge is -2.21. The zero-order valence-corrected chi connectivity index (χ0v) is 10.1. The lowest BCUT2D eigenvalue weighted by atomic mass is 10.0. The van der Waals surface area contributed by atoms with Gasteiger partial charge in [0.15, 0.2) is 11.5 Å². The molecule has 0 bridgehead atoms. The molecule has 3 nitrogen and oxygen atoms in total. The van der Waals surface area contributed by atoms with Crippen LogP contribution in [-0.4, -0.2) is 13.2 Å². The Kier molecular flexibility index (Phi) is 3.56. The van der Waals surface area contributed by atoms with E-state index in [4.69, 9.17) is 26.8 Å². The molecule has 0 spiro atoms. The van der Waals surface area contributed by atoms with Gasteiger partial charge >= 0.3 is 0 Å². The molecule has 1 aromatic rings. The van der Waals surface area contributed by atoms with E-state index in [1.807, 2.05) is 6.07 Å². The number of halogens is 1. The molecule has 1 aliphatic rings. The van der Waals surface area contributed by atoms with Crippen LogP contribution >= 0.6 is 11.6 Å². The van der Waals surface area contributed by atoms with Crippen molar-refractivity contribution in [1.29, 1.82) is 0 Å². The molecule has 16 heavy (non-hydrogen) atoms. The van der Waals surface area contributed by atoms with Crippen LogP contribution in [0.4, 0.5) is 0 Å². The van der Waals surface area contributed by atoms with Gasteiger partial charge in [-0.25, -0.2) is 0 Å². The number of hydrogen-bond acceptors (Lipinski definition) is 3. The van der Waals surface area contributed by atoms with Gasteiger partial charge in [0, 0.05) is 17.1 Å². The summed E-state index contributed by atoms with van der Waals surface area (Å²) in [6, 6.07) is 3.66. The molecule has 0 aromatic heterocycles. The van der Waals surface area contributed by atoms with Gasteiger partial charge in [-0.15, -0.1) is 0 Å². The predicted molar refractivity (Wildman–Crippen MR) is 64.3 cm³/mol. The first-order valence-corrected chi connectivity index (χ1v) is 5.94. The van der Waals surface area contributed by atoms with Crippen LogP contribution in [0.1, 0.15) is 31.4 Å². The minimum absolute atomic E-state index is 0.0340. The number of benzene rings is 1. The minimum atomic E-state index is -0.0340. The number of hydrogen-bond donors (Lipinski definition) is 1. The van der Waals surface area contributed by atoms with Gasteiger partial charge in [-0.1, -0.05) is 24.9 Å². The molecule has 0 radical (unpaired) electrons. The third-order valence-electron chi connectivity index (χ3n) is 2.66. The average molecular weight is 242 g/mol. The monoisotopic (exact) mass is 241 g/mol. The highest BCUT2D eigenvalue weighted by molar-refractivity contribution is 6.31. The van der Waals surface area contributed by atoms with Crippen molar-refractivity contribution in [3.63, 3.8) is 0 Å². The van der Waals surface area contributed by atoms with E-state index in [0.29, 0.717) is 24.0 Å². The SMILES string of the molecule is CCCC(N)c1cc2c(cc1Cl)OCCO2. The Morgan fingerprint density at radius 3 is 2.56 bits per heavy atom. The van der Waals surface area contributed by atoms with Crippen LogP contribution in [0.25, 0.3) is 0 Å². The zero-order chi connectivity index (χ0) is 11.5. The Morgan fingerprint density at radius 2 is 1.94 bits per heavy atom. The zero-order valence-electron chi connectivity index (χ0n) is 9.33. The van der Waals surface area contributed by atoms with Crippen LogP contribution in [0.15, 0.2) is 12.1 Å². The number of nitrogens with two attached hydrogens (primary N) is 1. The van der Waals surface area contributed by atoms with Crippen LogP contribution in [0.3, 0.4) is 0 Å². The Balaban J connectivity index is 2.31. The van der Waals surface area contributed by atoms with E-state index in [-0.39, 0.29) is 6.04 Å². The smallest absolute Gasteiger partial charge is 0.162 e. The van der Waals surface area contributed by atoms with Crippen molar-refractivity contribution in [3.8, 4) is 11.5 Å². The van der Waals surface area contributed by atoms with E-state index in [1.165, 1.54) is 0 Å². The third-order valence-corrected chi connectivity index (χ3v) is 2.99. The van der Waals surface area contributed by atoms with E-state index in [1.54, 1.807) is 6.07 Å². The highest BCUT2D eigenvalue weighted by atomic mass is 35.5. The van der Waals surface area contributed by atoms with Gasteiger partial charge < -0.3 is 15.2 Å². The second kappa shape index (κ2) is 4.93. The fraction of sp³-hybridized carbons (Fsp3) is 0.500. The van der Waals surface area contributed by atoms with Crippen LogP contribution in [0.2, 0.25) is 5.02 Å². The summed E-state index contributed by atoms with van der Waals surface area (Å²) < 4.78 is 11.0. The topological polar surface area (TPSA) is 44.5 Å². The molecular formula is C12H16ClNO2. The van der Waals surface area contributed by atoms with Crippen molar-refractivity contribution in [2.45, 2.75) is 25.8 Å². The Labute approximate surface area is 100 Å². The number of fused-ring (bicyclic) bond motifs is 1. The van der Waals surface area contributed by atoms with Crippen LogP contribution in [0, 0.1) is 0 Å². The summed E-state index contributed by atoms with van der Waals surface area (Å²) in [5.41, 5.74) is 7.00. The van der Waals surface area contributed by atoms with Crippen molar-refractivity contribution >= 4 is 11.6 Å². The minimum Gasteiger partial charge on any atom is -0.486 e. The summed E-state index contributed by atoms with van der Waals surface area (Å²) in [6.07, 6.45) is 1.95. The van der Waals surface area contributed by atoms with Gasteiger partial charge in [-0.2, -0.15) is 0 Å². The molecule has 1 heterocycles. The Bertz CT molecular complexity index is 382. The van der Waals surface area contributed by atoms with Gasteiger partial charge in [0.05, 0.1) is 0 Å². The van der Waals surface area contributed by atoms with Crippen LogP contribution in [-0.2, 0) is 0 Å². The fourth-order valence-electron chi connectivity index (χ4n) is 1.83. The number of ether oxygens (including phenoxy) is 2. The van der Waals surface area contributed by atoms with Crippen molar-refractivity contribution in [3.05, 3.63) is 22.7 Å². The largest absolute Gasteiger partial charge is 0.486 e. The summed E-state index contributed by atoms with van der Waals surface area (Å²) in [6.45, 7) is 3.26. The molecule has 1 aromatic carbocycles. The standard InChI is InChI=1S/C12H16ClNO2/c1-2-3-10(14)8-6-11-12(7-9(8)13)16-5-4-15-11/h6-7,10H,2-5,14H2,1H3. The molecule has 1 unspecified atom stereocenters. The first-order valence-electron chi connectivity index (χ1n) is 5.57. The van der Waals surface area contributed by atoms with Gasteiger partial charge in [-0.05, 0) is 18.1 Å². The molecule has 2 rings (SSSR count). The maximum absolute atomic E-state index is 6.18. The number of rotatable bonds is 3. The first-order chi connectivity index (χ1) is 7.72. The predicted octanol–water partition coefficient (Wildman–Crippen LogP) is 2.91. The fourth-order valence-corrected chi connectivity index (χ4v) is 2.12. The maximum atomic E-state index is 6.18. The summed E-state index contributed by atoms with van der Waals surface area (Å²) in [7, 11) is 0. The molecule has 0 saturated heterocycles.